The van der Waals surface area contributed by atoms with Crippen LogP contribution < -0.4 is 15.5 Å². The van der Waals surface area contributed by atoms with E-state index in [4.69, 9.17) is 4.74 Å². The van der Waals surface area contributed by atoms with Crippen molar-refractivity contribution in [2.24, 2.45) is 0 Å². The van der Waals surface area contributed by atoms with Crippen LogP contribution in [0.3, 0.4) is 0 Å². The number of rotatable bonds is 8. The molecule has 10 nitrogen and oxygen atoms in total. The van der Waals surface area contributed by atoms with Crippen molar-refractivity contribution >= 4 is 55.0 Å². The van der Waals surface area contributed by atoms with Gasteiger partial charge in [0.05, 0.1) is 23.9 Å². The van der Waals surface area contributed by atoms with Gasteiger partial charge in [0.2, 0.25) is 11.8 Å². The second kappa shape index (κ2) is 10.2. The van der Waals surface area contributed by atoms with Gasteiger partial charge in [0, 0.05) is 25.0 Å². The number of nitrogens with one attached hydrogen (secondary N) is 2. The molecule has 0 radical (unpaired) electrons. The molecule has 1 unspecified atom stereocenters. The van der Waals surface area contributed by atoms with Gasteiger partial charge in [-0.15, -0.1) is 11.3 Å². The normalized spacial score (nSPS) is 14.2. The van der Waals surface area contributed by atoms with Crippen molar-refractivity contribution in [2.75, 3.05) is 31.9 Å². The molecule has 1 aliphatic rings. The van der Waals surface area contributed by atoms with Crippen molar-refractivity contribution in [3.8, 4) is 11.1 Å². The number of ether oxygens (including phenoxy) is 1. The number of anilines is 1. The minimum absolute atomic E-state index is 0.139. The number of amides is 3. The van der Waals surface area contributed by atoms with Crippen molar-refractivity contribution in [1.29, 1.82) is 0 Å². The number of aromatic nitrogens is 1. The molecule has 1 aliphatic carbocycles. The standard InChI is InChI=1S/C24H26N4O6S2/c1-28(24(31)34-2)17-9-4-14(5-10-17)15-6-11-18-19(12-15)35-23(27-18)21(36(3,32)33)22(30)25-13-20(29)26-16-7-8-16/h4-6,9-12,16,21H,7-8,13H2,1-3H3,(H,25,30)(H,26,29). The number of fused-ring (bicyclic) bond motifs is 1. The average molecular weight is 531 g/mol. The van der Waals surface area contributed by atoms with Crippen LogP contribution in [0.1, 0.15) is 23.1 Å². The Balaban J connectivity index is 1.55. The Hall–Kier alpha value is -3.51. The molecule has 12 heteroatoms. The summed E-state index contributed by atoms with van der Waals surface area (Å²) >= 11 is 1.12. The molecule has 3 aromatic rings. The highest BCUT2D eigenvalue weighted by Crippen LogP contribution is 2.34. The smallest absolute Gasteiger partial charge is 0.413 e. The van der Waals surface area contributed by atoms with Crippen LogP contribution in [0.15, 0.2) is 42.5 Å². The average Bonchev–Trinajstić information content (AvgIpc) is 3.56. The van der Waals surface area contributed by atoms with E-state index in [1.807, 2.05) is 24.3 Å². The molecule has 3 amide bonds. The van der Waals surface area contributed by atoms with Crippen LogP contribution >= 0.6 is 11.3 Å². The summed E-state index contributed by atoms with van der Waals surface area (Å²) in [5, 5.41) is 3.80. The van der Waals surface area contributed by atoms with Gasteiger partial charge in [0.15, 0.2) is 15.1 Å². The zero-order valence-electron chi connectivity index (χ0n) is 20.0. The van der Waals surface area contributed by atoms with E-state index in [0.717, 1.165) is 41.6 Å². The summed E-state index contributed by atoms with van der Waals surface area (Å²) in [4.78, 5) is 42.2. The van der Waals surface area contributed by atoms with Gasteiger partial charge in [-0.1, -0.05) is 18.2 Å². The molecule has 1 aromatic heterocycles. The topological polar surface area (TPSA) is 135 Å². The summed E-state index contributed by atoms with van der Waals surface area (Å²) in [6.45, 7) is -0.294. The second-order valence-corrected chi connectivity index (χ2v) is 11.8. The molecule has 1 saturated carbocycles. The Kier molecular flexibility index (Phi) is 7.27. The Morgan fingerprint density at radius 2 is 1.81 bits per heavy atom. The minimum Gasteiger partial charge on any atom is -0.452 e. The second-order valence-electron chi connectivity index (χ2n) is 8.58. The highest BCUT2D eigenvalue weighted by atomic mass is 32.2. The molecule has 0 aliphatic heterocycles. The Morgan fingerprint density at radius 3 is 2.42 bits per heavy atom. The number of hydrogen-bond donors (Lipinski definition) is 2. The van der Waals surface area contributed by atoms with Crippen LogP contribution in [0.4, 0.5) is 10.5 Å². The van der Waals surface area contributed by atoms with Crippen LogP contribution in [-0.4, -0.2) is 64.3 Å². The molecular weight excluding hydrogens is 504 g/mol. The lowest BCUT2D eigenvalue weighted by Crippen LogP contribution is -2.41. The van der Waals surface area contributed by atoms with E-state index < -0.39 is 27.1 Å². The summed E-state index contributed by atoms with van der Waals surface area (Å²) in [5.41, 5.74) is 2.98. The monoisotopic (exact) mass is 530 g/mol. The molecule has 0 saturated heterocycles. The lowest BCUT2D eigenvalue weighted by Gasteiger charge is -2.15. The zero-order chi connectivity index (χ0) is 26.0. The third kappa shape index (κ3) is 5.82. The number of hydrogen-bond acceptors (Lipinski definition) is 8. The Bertz CT molecular complexity index is 1410. The molecule has 1 atom stereocenters. The van der Waals surface area contributed by atoms with Crippen LogP contribution in [-0.2, 0) is 24.2 Å². The number of sulfone groups is 1. The van der Waals surface area contributed by atoms with Gasteiger partial charge in [-0.3, -0.25) is 14.5 Å². The van der Waals surface area contributed by atoms with E-state index in [9.17, 15) is 22.8 Å². The van der Waals surface area contributed by atoms with Gasteiger partial charge in [0.1, 0.15) is 5.01 Å². The molecule has 0 bridgehead atoms. The highest BCUT2D eigenvalue weighted by molar-refractivity contribution is 7.91. The minimum atomic E-state index is -3.85. The van der Waals surface area contributed by atoms with Gasteiger partial charge in [-0.2, -0.15) is 0 Å². The van der Waals surface area contributed by atoms with Gasteiger partial charge in [-0.05, 0) is 48.2 Å². The molecular formula is C24H26N4O6S2. The Morgan fingerprint density at radius 1 is 1.14 bits per heavy atom. The molecule has 4 rings (SSSR count). The molecule has 1 fully saturated rings. The fourth-order valence-corrected chi connectivity index (χ4v) is 6.16. The van der Waals surface area contributed by atoms with Gasteiger partial charge in [0.25, 0.3) is 0 Å². The number of methoxy groups -OCH3 is 1. The van der Waals surface area contributed by atoms with Crippen molar-refractivity contribution in [3.63, 3.8) is 0 Å². The highest BCUT2D eigenvalue weighted by Gasteiger charge is 2.34. The van der Waals surface area contributed by atoms with E-state index in [0.29, 0.717) is 15.9 Å². The quantitative estimate of drug-likeness (QED) is 0.457. The van der Waals surface area contributed by atoms with Crippen LogP contribution in [0.25, 0.3) is 21.3 Å². The zero-order valence-corrected chi connectivity index (χ0v) is 21.6. The van der Waals surface area contributed by atoms with Gasteiger partial charge in [-0.25, -0.2) is 18.2 Å². The van der Waals surface area contributed by atoms with Gasteiger partial charge < -0.3 is 15.4 Å². The maximum atomic E-state index is 12.8. The first-order valence-corrected chi connectivity index (χ1v) is 13.9. The fourth-order valence-electron chi connectivity index (χ4n) is 3.61. The largest absolute Gasteiger partial charge is 0.452 e. The number of carbonyl (C=O) groups is 3. The number of carbonyl (C=O) groups excluding carboxylic acids is 3. The molecule has 1 heterocycles. The first-order valence-electron chi connectivity index (χ1n) is 11.2. The molecule has 190 valence electrons. The van der Waals surface area contributed by atoms with Crippen molar-refractivity contribution < 1.29 is 27.5 Å². The maximum Gasteiger partial charge on any atom is 0.413 e. The fraction of sp³-hybridized carbons (Fsp3) is 0.333. The predicted molar refractivity (Wildman–Crippen MR) is 138 cm³/mol. The number of thiazole rings is 1. The van der Waals surface area contributed by atoms with E-state index in [-0.39, 0.29) is 23.5 Å². The van der Waals surface area contributed by atoms with Gasteiger partial charge >= 0.3 is 6.09 Å². The van der Waals surface area contributed by atoms with E-state index in [2.05, 4.69) is 15.6 Å². The summed E-state index contributed by atoms with van der Waals surface area (Å²) in [6, 6.07) is 12.9. The Labute approximate surface area is 212 Å². The third-order valence-electron chi connectivity index (χ3n) is 5.70. The van der Waals surface area contributed by atoms with E-state index >= 15 is 0 Å². The van der Waals surface area contributed by atoms with Crippen LogP contribution in [0.2, 0.25) is 0 Å². The van der Waals surface area contributed by atoms with Crippen molar-refractivity contribution in [3.05, 3.63) is 47.5 Å². The summed E-state index contributed by atoms with van der Waals surface area (Å²) in [6.07, 6.45) is 2.32. The SMILES string of the molecule is COC(=O)N(C)c1ccc(-c2ccc3nc(C(C(=O)NCC(=O)NC4CC4)S(C)(=O)=O)sc3c2)cc1. The molecule has 36 heavy (non-hydrogen) atoms. The summed E-state index contributed by atoms with van der Waals surface area (Å²) in [7, 11) is -0.920. The summed E-state index contributed by atoms with van der Waals surface area (Å²) in [5.74, 6) is -1.14. The lowest BCUT2D eigenvalue weighted by atomic mass is 10.1. The molecule has 2 aromatic carbocycles. The first-order chi connectivity index (χ1) is 17.1. The van der Waals surface area contributed by atoms with Crippen molar-refractivity contribution in [2.45, 2.75) is 24.1 Å². The van der Waals surface area contributed by atoms with Crippen LogP contribution in [0, 0.1) is 0 Å². The maximum absolute atomic E-state index is 12.8. The predicted octanol–water partition coefficient (Wildman–Crippen LogP) is 2.65. The van der Waals surface area contributed by atoms with Crippen molar-refractivity contribution in [1.82, 2.24) is 15.6 Å². The van der Waals surface area contributed by atoms with E-state index in [1.54, 1.807) is 25.2 Å². The molecule has 2 N–H and O–H groups in total. The third-order valence-corrected chi connectivity index (χ3v) is 8.22. The number of nitrogens with zero attached hydrogens (tertiary/aromatic N) is 2. The lowest BCUT2D eigenvalue weighted by molar-refractivity contribution is -0.126. The number of benzene rings is 2. The first kappa shape index (κ1) is 25.6. The van der Waals surface area contributed by atoms with Crippen LogP contribution in [0.5, 0.6) is 0 Å². The molecule has 0 spiro atoms. The van der Waals surface area contributed by atoms with E-state index in [1.165, 1.54) is 12.0 Å². The summed E-state index contributed by atoms with van der Waals surface area (Å²) < 4.78 is 30.4.